The van der Waals surface area contributed by atoms with Crippen LogP contribution in [0.4, 0.5) is 0 Å². The second-order valence-corrected chi connectivity index (χ2v) is 4.83. The number of rotatable bonds is 2. The van der Waals surface area contributed by atoms with Gasteiger partial charge in [0, 0.05) is 18.8 Å². The lowest BCUT2D eigenvalue weighted by molar-refractivity contribution is 1.09. The van der Waals surface area contributed by atoms with E-state index < -0.39 is 0 Å². The summed E-state index contributed by atoms with van der Waals surface area (Å²) in [6.07, 6.45) is 4.84. The van der Waals surface area contributed by atoms with E-state index in [0.717, 1.165) is 17.8 Å². The van der Waals surface area contributed by atoms with Crippen LogP contribution in [-0.4, -0.2) is 9.38 Å². The Balaban J connectivity index is 2.01. The van der Waals surface area contributed by atoms with E-state index >= 15 is 0 Å². The summed E-state index contributed by atoms with van der Waals surface area (Å²) >= 11 is 6.12. The van der Waals surface area contributed by atoms with Crippen molar-refractivity contribution < 1.29 is 0 Å². The van der Waals surface area contributed by atoms with Crippen molar-refractivity contribution in [1.82, 2.24) is 9.38 Å². The largest absolute Gasteiger partial charge is 0.306 e. The van der Waals surface area contributed by atoms with Crippen molar-refractivity contribution >= 4 is 17.2 Å². The fraction of sp³-hybridized carbons (Fsp3) is 0.133. The normalized spacial score (nSPS) is 11.0. The molecule has 3 aromatic rings. The van der Waals surface area contributed by atoms with Crippen molar-refractivity contribution in [2.45, 2.75) is 13.3 Å². The van der Waals surface area contributed by atoms with Gasteiger partial charge in [0.1, 0.15) is 0 Å². The van der Waals surface area contributed by atoms with Gasteiger partial charge in [0.05, 0.1) is 10.7 Å². The van der Waals surface area contributed by atoms with E-state index in [-0.39, 0.29) is 0 Å². The topological polar surface area (TPSA) is 17.3 Å². The molecule has 0 atom stereocenters. The van der Waals surface area contributed by atoms with Crippen molar-refractivity contribution in [2.24, 2.45) is 0 Å². The Hall–Kier alpha value is -1.80. The molecule has 0 aliphatic rings. The molecule has 0 spiro atoms. The van der Waals surface area contributed by atoms with Crippen molar-refractivity contribution in [3.8, 4) is 0 Å². The highest BCUT2D eigenvalue weighted by Gasteiger charge is 2.06. The highest BCUT2D eigenvalue weighted by atomic mass is 35.5. The zero-order chi connectivity index (χ0) is 12.5. The minimum Gasteiger partial charge on any atom is -0.306 e. The van der Waals surface area contributed by atoms with Crippen molar-refractivity contribution in [3.63, 3.8) is 0 Å². The second-order valence-electron chi connectivity index (χ2n) is 4.42. The number of benzene rings is 1. The van der Waals surface area contributed by atoms with Gasteiger partial charge in [0.25, 0.3) is 0 Å². The van der Waals surface area contributed by atoms with Crippen LogP contribution in [0.5, 0.6) is 0 Å². The summed E-state index contributed by atoms with van der Waals surface area (Å²) in [6.45, 7) is 2.12. The zero-order valence-electron chi connectivity index (χ0n) is 10.1. The maximum absolute atomic E-state index is 6.12. The maximum Gasteiger partial charge on any atom is 0.155 e. The summed E-state index contributed by atoms with van der Waals surface area (Å²) in [5, 5.41) is 0.688. The number of pyridine rings is 1. The highest BCUT2D eigenvalue weighted by Crippen LogP contribution is 2.18. The summed E-state index contributed by atoms with van der Waals surface area (Å²) < 4.78 is 1.97. The van der Waals surface area contributed by atoms with Gasteiger partial charge in [-0.15, -0.1) is 0 Å². The molecular formula is C15H13ClN2. The Morgan fingerprint density at radius 3 is 2.78 bits per heavy atom. The van der Waals surface area contributed by atoms with Crippen LogP contribution in [0.1, 0.15) is 16.8 Å². The molecule has 0 bridgehead atoms. The third-order valence-corrected chi connectivity index (χ3v) is 3.41. The molecule has 0 unspecified atom stereocenters. The molecule has 3 heteroatoms. The first kappa shape index (κ1) is 11.3. The Kier molecular flexibility index (Phi) is 2.80. The van der Waals surface area contributed by atoms with Gasteiger partial charge in [-0.2, -0.15) is 0 Å². The molecule has 0 N–H and O–H groups in total. The number of aryl methyl sites for hydroxylation is 1. The Morgan fingerprint density at radius 2 is 2.00 bits per heavy atom. The smallest absolute Gasteiger partial charge is 0.155 e. The van der Waals surface area contributed by atoms with Gasteiger partial charge in [0.2, 0.25) is 0 Å². The van der Waals surface area contributed by atoms with Crippen LogP contribution in [0.2, 0.25) is 5.02 Å². The van der Waals surface area contributed by atoms with Crippen molar-refractivity contribution in [3.05, 3.63) is 70.6 Å². The molecule has 0 radical (unpaired) electrons. The fourth-order valence-electron chi connectivity index (χ4n) is 2.12. The molecule has 0 aliphatic heterocycles. The molecule has 0 saturated heterocycles. The predicted octanol–water partition coefficient (Wildman–Crippen LogP) is 3.89. The Labute approximate surface area is 111 Å². The maximum atomic E-state index is 6.12. The van der Waals surface area contributed by atoms with Crippen LogP contribution in [0.25, 0.3) is 5.65 Å². The monoisotopic (exact) mass is 256 g/mol. The number of hydrogen-bond acceptors (Lipinski definition) is 1. The highest BCUT2D eigenvalue weighted by molar-refractivity contribution is 6.33. The number of aromatic nitrogens is 2. The predicted molar refractivity (Wildman–Crippen MR) is 74.2 cm³/mol. The first-order valence-corrected chi connectivity index (χ1v) is 6.28. The van der Waals surface area contributed by atoms with Gasteiger partial charge in [-0.05, 0) is 30.2 Å². The van der Waals surface area contributed by atoms with Gasteiger partial charge < -0.3 is 4.40 Å². The van der Waals surface area contributed by atoms with Gasteiger partial charge in [-0.3, -0.25) is 0 Å². The van der Waals surface area contributed by atoms with Gasteiger partial charge in [0.15, 0.2) is 5.65 Å². The number of hydrogen-bond donors (Lipinski definition) is 0. The van der Waals surface area contributed by atoms with Crippen LogP contribution < -0.4 is 0 Å². The molecule has 2 aromatic heterocycles. The average Bonchev–Trinajstić information content (AvgIpc) is 2.76. The molecule has 0 aliphatic carbocycles. The summed E-state index contributed by atoms with van der Waals surface area (Å²) in [5.41, 5.74) is 4.46. The van der Waals surface area contributed by atoms with E-state index in [4.69, 9.17) is 11.6 Å². The molecular weight excluding hydrogens is 244 g/mol. The lowest BCUT2D eigenvalue weighted by Gasteiger charge is -2.01. The van der Waals surface area contributed by atoms with Crippen LogP contribution in [-0.2, 0) is 6.42 Å². The average molecular weight is 257 g/mol. The number of halogens is 1. The molecule has 3 rings (SSSR count). The minimum atomic E-state index is 0.688. The molecule has 18 heavy (non-hydrogen) atoms. The quantitative estimate of drug-likeness (QED) is 0.680. The summed E-state index contributed by atoms with van der Waals surface area (Å²) in [7, 11) is 0. The fourth-order valence-corrected chi connectivity index (χ4v) is 2.33. The first-order valence-electron chi connectivity index (χ1n) is 5.90. The molecule has 0 amide bonds. The van der Waals surface area contributed by atoms with Gasteiger partial charge in [-0.1, -0.05) is 35.9 Å². The van der Waals surface area contributed by atoms with E-state index in [1.165, 1.54) is 11.1 Å². The standard InChI is InChI=1S/C15H13ClN2/c1-11-5-2-3-6-12(11)9-13-10-18-8-4-7-14(16)15(18)17-13/h2-8,10H,9H2,1H3. The Bertz CT molecular complexity index is 701. The van der Waals surface area contributed by atoms with Crippen molar-refractivity contribution in [2.75, 3.05) is 0 Å². The van der Waals surface area contributed by atoms with E-state index in [1.807, 2.05) is 28.9 Å². The minimum absolute atomic E-state index is 0.688. The van der Waals surface area contributed by atoms with Crippen LogP contribution in [0.3, 0.4) is 0 Å². The number of nitrogens with zero attached hydrogens (tertiary/aromatic N) is 2. The molecule has 2 nitrogen and oxygen atoms in total. The molecule has 2 heterocycles. The van der Waals surface area contributed by atoms with E-state index in [9.17, 15) is 0 Å². The summed E-state index contributed by atoms with van der Waals surface area (Å²) in [6, 6.07) is 12.2. The SMILES string of the molecule is Cc1ccccc1Cc1cn2cccc(Cl)c2n1. The number of fused-ring (bicyclic) bond motifs is 1. The lowest BCUT2D eigenvalue weighted by Crippen LogP contribution is -1.91. The number of imidazole rings is 1. The molecule has 1 aromatic carbocycles. The lowest BCUT2D eigenvalue weighted by atomic mass is 10.0. The molecule has 90 valence electrons. The van der Waals surface area contributed by atoms with E-state index in [2.05, 4.69) is 36.2 Å². The molecule has 0 fully saturated rings. The zero-order valence-corrected chi connectivity index (χ0v) is 10.9. The summed E-state index contributed by atoms with van der Waals surface area (Å²) in [5.74, 6) is 0. The first-order chi connectivity index (χ1) is 8.74. The van der Waals surface area contributed by atoms with Crippen LogP contribution >= 0.6 is 11.6 Å². The van der Waals surface area contributed by atoms with Gasteiger partial charge in [-0.25, -0.2) is 4.98 Å². The second kappa shape index (κ2) is 4.46. The Morgan fingerprint density at radius 1 is 1.17 bits per heavy atom. The third-order valence-electron chi connectivity index (χ3n) is 3.12. The van der Waals surface area contributed by atoms with E-state index in [1.54, 1.807) is 0 Å². The van der Waals surface area contributed by atoms with E-state index in [0.29, 0.717) is 5.02 Å². The van der Waals surface area contributed by atoms with Crippen molar-refractivity contribution in [1.29, 1.82) is 0 Å². The van der Waals surface area contributed by atoms with Crippen LogP contribution in [0, 0.1) is 6.92 Å². The molecule has 0 saturated carbocycles. The third kappa shape index (κ3) is 2.00. The van der Waals surface area contributed by atoms with Gasteiger partial charge >= 0.3 is 0 Å². The van der Waals surface area contributed by atoms with Crippen LogP contribution in [0.15, 0.2) is 48.8 Å². The summed E-state index contributed by atoms with van der Waals surface area (Å²) in [4.78, 5) is 4.58.